The van der Waals surface area contributed by atoms with Crippen molar-refractivity contribution < 1.29 is 30.0 Å². The summed E-state index contributed by atoms with van der Waals surface area (Å²) in [7, 11) is 0. The first-order chi connectivity index (χ1) is 10.9. The highest BCUT2D eigenvalue weighted by Crippen LogP contribution is 2.08. The maximum atomic E-state index is 10.3. The van der Waals surface area contributed by atoms with Crippen molar-refractivity contribution in [2.75, 3.05) is 13.1 Å². The molecular formula is C16H29NO6. The summed E-state index contributed by atoms with van der Waals surface area (Å²) in [5.74, 6) is -1.12. The Bertz CT molecular complexity index is 366. The summed E-state index contributed by atoms with van der Waals surface area (Å²) in [6, 6.07) is 0. The summed E-state index contributed by atoms with van der Waals surface area (Å²) < 4.78 is 0. The quantitative estimate of drug-likeness (QED) is 0.419. The number of aliphatic hydroxyl groups excluding tert-OH is 2. The van der Waals surface area contributed by atoms with Gasteiger partial charge in [0.05, 0.1) is 12.2 Å². The number of piperidine rings is 1. The molecule has 0 aromatic rings. The van der Waals surface area contributed by atoms with Crippen LogP contribution < -0.4 is 0 Å². The lowest BCUT2D eigenvalue weighted by atomic mass is 10.1. The Morgan fingerprint density at radius 1 is 1.09 bits per heavy atom. The molecule has 1 amide bonds. The number of likely N-dealkylation sites (tertiary alicyclic amines) is 1. The largest absolute Gasteiger partial charge is 0.478 e. The van der Waals surface area contributed by atoms with Crippen LogP contribution in [0.15, 0.2) is 12.2 Å². The number of hydrogen-bond acceptors (Lipinski definition) is 4. The Labute approximate surface area is 137 Å². The van der Waals surface area contributed by atoms with Crippen LogP contribution in [-0.4, -0.2) is 62.7 Å². The van der Waals surface area contributed by atoms with Gasteiger partial charge in [-0.25, -0.2) is 9.59 Å². The molecule has 0 aliphatic carbocycles. The Hall–Kier alpha value is -1.60. The molecule has 7 nitrogen and oxygen atoms in total. The highest BCUT2D eigenvalue weighted by molar-refractivity contribution is 5.79. The molecular weight excluding hydrogens is 302 g/mol. The first-order valence-corrected chi connectivity index (χ1v) is 8.13. The molecule has 134 valence electrons. The van der Waals surface area contributed by atoms with Crippen molar-refractivity contribution in [2.45, 2.75) is 64.1 Å². The molecule has 2 atom stereocenters. The lowest BCUT2D eigenvalue weighted by molar-refractivity contribution is -0.131. The minimum Gasteiger partial charge on any atom is -0.478 e. The summed E-state index contributed by atoms with van der Waals surface area (Å²) in [6.07, 6.45) is 5.87. The molecule has 4 N–H and O–H groups in total. The maximum Gasteiger partial charge on any atom is 0.407 e. The Kier molecular flexibility index (Phi) is 12.0. The number of rotatable bonds is 7. The van der Waals surface area contributed by atoms with Crippen molar-refractivity contribution in [1.29, 1.82) is 0 Å². The molecule has 0 saturated carbocycles. The van der Waals surface area contributed by atoms with Crippen LogP contribution in [0.4, 0.5) is 4.79 Å². The van der Waals surface area contributed by atoms with E-state index in [9.17, 15) is 19.8 Å². The average molecular weight is 331 g/mol. The summed E-state index contributed by atoms with van der Waals surface area (Å²) in [4.78, 5) is 21.9. The molecule has 1 saturated heterocycles. The van der Waals surface area contributed by atoms with Crippen LogP contribution in [0.5, 0.6) is 0 Å². The fraction of sp³-hybridized carbons (Fsp3) is 0.750. The van der Waals surface area contributed by atoms with Gasteiger partial charge < -0.3 is 25.3 Å². The molecule has 23 heavy (non-hydrogen) atoms. The Morgan fingerprint density at radius 3 is 2.13 bits per heavy atom. The summed E-state index contributed by atoms with van der Waals surface area (Å²) in [5, 5.41) is 35.4. The van der Waals surface area contributed by atoms with E-state index in [1.807, 2.05) is 6.92 Å². The average Bonchev–Trinajstić information content (AvgIpc) is 2.54. The van der Waals surface area contributed by atoms with Crippen molar-refractivity contribution in [1.82, 2.24) is 4.90 Å². The first-order valence-electron chi connectivity index (χ1n) is 8.13. The number of carboxylic acids is 1. The smallest absolute Gasteiger partial charge is 0.407 e. The number of carbonyl (C=O) groups is 2. The van der Waals surface area contributed by atoms with Crippen molar-refractivity contribution in [3.8, 4) is 0 Å². The Morgan fingerprint density at radius 2 is 1.70 bits per heavy atom. The summed E-state index contributed by atoms with van der Waals surface area (Å²) >= 11 is 0. The zero-order valence-electron chi connectivity index (χ0n) is 13.7. The van der Waals surface area contributed by atoms with Crippen LogP contribution in [-0.2, 0) is 4.79 Å². The molecule has 0 aromatic heterocycles. The second-order valence-electron chi connectivity index (χ2n) is 5.58. The van der Waals surface area contributed by atoms with E-state index >= 15 is 0 Å². The van der Waals surface area contributed by atoms with Gasteiger partial charge in [-0.15, -0.1) is 0 Å². The summed E-state index contributed by atoms with van der Waals surface area (Å²) in [5.41, 5.74) is 0. The molecule has 1 aliphatic heterocycles. The van der Waals surface area contributed by atoms with E-state index in [4.69, 9.17) is 10.2 Å². The van der Waals surface area contributed by atoms with Crippen LogP contribution >= 0.6 is 0 Å². The van der Waals surface area contributed by atoms with E-state index < -0.39 is 24.3 Å². The fourth-order valence-corrected chi connectivity index (χ4v) is 2.17. The van der Waals surface area contributed by atoms with Gasteiger partial charge in [0.15, 0.2) is 0 Å². The number of aliphatic carboxylic acids is 1. The van der Waals surface area contributed by atoms with Gasteiger partial charge in [0.2, 0.25) is 0 Å². The highest BCUT2D eigenvalue weighted by atomic mass is 16.4. The second-order valence-corrected chi connectivity index (χ2v) is 5.58. The summed E-state index contributed by atoms with van der Waals surface area (Å²) in [6.45, 7) is 3.51. The molecule has 0 bridgehead atoms. The SMILES string of the molecule is CCCCCC(O)C(O)C=CC(=O)O.O=C(O)N1CCCCC1. The lowest BCUT2D eigenvalue weighted by Crippen LogP contribution is -2.34. The molecule has 7 heteroatoms. The molecule has 1 heterocycles. The molecule has 1 rings (SSSR count). The van der Waals surface area contributed by atoms with Gasteiger partial charge in [-0.2, -0.15) is 0 Å². The van der Waals surface area contributed by atoms with Gasteiger partial charge in [0.25, 0.3) is 0 Å². The van der Waals surface area contributed by atoms with E-state index in [0.717, 1.165) is 57.3 Å². The molecule has 1 fully saturated rings. The monoisotopic (exact) mass is 331 g/mol. The Balaban J connectivity index is 0.000000459. The number of carboxylic acid groups (broad SMARTS) is 2. The molecule has 0 radical (unpaired) electrons. The van der Waals surface area contributed by atoms with Gasteiger partial charge >= 0.3 is 12.1 Å². The van der Waals surface area contributed by atoms with Gasteiger partial charge in [-0.05, 0) is 31.8 Å². The molecule has 1 aliphatic rings. The number of aliphatic hydroxyl groups is 2. The second kappa shape index (κ2) is 12.9. The van der Waals surface area contributed by atoms with E-state index in [-0.39, 0.29) is 0 Å². The van der Waals surface area contributed by atoms with E-state index in [2.05, 4.69) is 0 Å². The number of hydrogen-bond donors (Lipinski definition) is 4. The number of nitrogens with zero attached hydrogens (tertiary/aromatic N) is 1. The van der Waals surface area contributed by atoms with Crippen molar-refractivity contribution in [2.24, 2.45) is 0 Å². The van der Waals surface area contributed by atoms with Crippen LogP contribution in [0.1, 0.15) is 51.9 Å². The minimum absolute atomic E-state index is 0.499. The predicted molar refractivity (Wildman–Crippen MR) is 86.4 cm³/mol. The molecule has 0 spiro atoms. The number of amides is 1. The van der Waals surface area contributed by atoms with E-state index in [0.29, 0.717) is 6.42 Å². The highest BCUT2D eigenvalue weighted by Gasteiger charge is 2.14. The molecule has 0 aromatic carbocycles. The standard InChI is InChI=1S/C10H18O4.C6H11NO2/c1-2-3-4-5-8(11)9(12)6-7-10(13)14;8-6(9)7-4-2-1-3-5-7/h6-9,11-12H,2-5H2,1H3,(H,13,14);1-5H2,(H,8,9). The normalized spacial score (nSPS) is 17.3. The van der Waals surface area contributed by atoms with E-state index in [1.165, 1.54) is 11.3 Å². The van der Waals surface area contributed by atoms with Gasteiger partial charge in [-0.1, -0.05) is 26.2 Å². The van der Waals surface area contributed by atoms with E-state index in [1.54, 1.807) is 0 Å². The van der Waals surface area contributed by atoms with Gasteiger partial charge in [0, 0.05) is 19.2 Å². The predicted octanol–water partition coefficient (Wildman–Crippen LogP) is 2.08. The third-order valence-corrected chi connectivity index (χ3v) is 3.56. The van der Waals surface area contributed by atoms with Crippen molar-refractivity contribution in [3.63, 3.8) is 0 Å². The fourth-order valence-electron chi connectivity index (χ4n) is 2.17. The molecule has 2 unspecified atom stereocenters. The van der Waals surface area contributed by atoms with Gasteiger partial charge in [0.1, 0.15) is 0 Å². The van der Waals surface area contributed by atoms with Crippen LogP contribution in [0.3, 0.4) is 0 Å². The topological polar surface area (TPSA) is 118 Å². The van der Waals surface area contributed by atoms with Crippen LogP contribution in [0.2, 0.25) is 0 Å². The van der Waals surface area contributed by atoms with Crippen LogP contribution in [0, 0.1) is 0 Å². The zero-order chi connectivity index (χ0) is 17.7. The van der Waals surface area contributed by atoms with Crippen molar-refractivity contribution >= 4 is 12.1 Å². The third-order valence-electron chi connectivity index (χ3n) is 3.56. The maximum absolute atomic E-state index is 10.3. The third kappa shape index (κ3) is 11.6. The zero-order valence-corrected chi connectivity index (χ0v) is 13.7. The number of unbranched alkanes of at least 4 members (excludes halogenated alkanes) is 2. The lowest BCUT2D eigenvalue weighted by Gasteiger charge is -2.22. The van der Waals surface area contributed by atoms with Crippen molar-refractivity contribution in [3.05, 3.63) is 12.2 Å². The first kappa shape index (κ1) is 21.4. The van der Waals surface area contributed by atoms with Crippen LogP contribution in [0.25, 0.3) is 0 Å². The minimum atomic E-state index is -1.12. The van der Waals surface area contributed by atoms with Gasteiger partial charge in [-0.3, -0.25) is 0 Å².